The van der Waals surface area contributed by atoms with Crippen LogP contribution in [0.4, 0.5) is 0 Å². The molecule has 1 atom stereocenters. The third kappa shape index (κ3) is 2.50. The highest BCUT2D eigenvalue weighted by atomic mass is 32.2. The zero-order valence-electron chi connectivity index (χ0n) is 11.0. The molecule has 0 aliphatic carbocycles. The number of benzene rings is 1. The van der Waals surface area contributed by atoms with Gasteiger partial charge in [-0.3, -0.25) is 0 Å². The number of nitriles is 1. The van der Waals surface area contributed by atoms with Crippen LogP contribution in [0.1, 0.15) is 17.5 Å². The predicted molar refractivity (Wildman–Crippen MR) is 72.1 cm³/mol. The Hall–Kier alpha value is -1.42. The molecule has 0 amide bonds. The van der Waals surface area contributed by atoms with E-state index in [-0.39, 0.29) is 16.5 Å². The lowest BCUT2D eigenvalue weighted by Crippen LogP contribution is -2.38. The lowest BCUT2D eigenvalue weighted by atomic mass is 10.1. The van der Waals surface area contributed by atoms with Gasteiger partial charge in [-0.1, -0.05) is 12.1 Å². The standard InChI is InChI=1S/C13H17N3O2S/c1-10-4-3-5-13(12(10)8-14)19(17,18)16(2)11-6-7-15-9-11/h3-5,11,15H,6-7,9H2,1-2H3. The van der Waals surface area contributed by atoms with E-state index in [9.17, 15) is 8.42 Å². The average molecular weight is 279 g/mol. The van der Waals surface area contributed by atoms with Crippen LogP contribution in [-0.4, -0.2) is 38.9 Å². The van der Waals surface area contributed by atoms with Crippen LogP contribution in [0.15, 0.2) is 23.1 Å². The van der Waals surface area contributed by atoms with Crippen LogP contribution in [0.5, 0.6) is 0 Å². The number of sulfonamides is 1. The summed E-state index contributed by atoms with van der Waals surface area (Å²) in [6, 6.07) is 6.86. The molecule has 1 N–H and O–H groups in total. The van der Waals surface area contributed by atoms with E-state index in [1.807, 2.05) is 6.07 Å². The van der Waals surface area contributed by atoms with Crippen LogP contribution in [0.3, 0.4) is 0 Å². The van der Waals surface area contributed by atoms with E-state index in [0.29, 0.717) is 12.1 Å². The maximum Gasteiger partial charge on any atom is 0.244 e. The summed E-state index contributed by atoms with van der Waals surface area (Å²) in [4.78, 5) is 0.101. The van der Waals surface area contributed by atoms with Gasteiger partial charge in [0.25, 0.3) is 0 Å². The van der Waals surface area contributed by atoms with Crippen LogP contribution < -0.4 is 5.32 Å². The first-order chi connectivity index (χ1) is 8.98. The van der Waals surface area contributed by atoms with E-state index in [1.165, 1.54) is 10.4 Å². The van der Waals surface area contributed by atoms with Crippen molar-refractivity contribution in [1.82, 2.24) is 9.62 Å². The molecule has 1 unspecified atom stereocenters. The summed E-state index contributed by atoms with van der Waals surface area (Å²) in [5, 5.41) is 12.3. The van der Waals surface area contributed by atoms with Crippen LogP contribution in [0.25, 0.3) is 0 Å². The quantitative estimate of drug-likeness (QED) is 0.890. The van der Waals surface area contributed by atoms with E-state index in [4.69, 9.17) is 5.26 Å². The van der Waals surface area contributed by atoms with E-state index in [0.717, 1.165) is 13.0 Å². The Morgan fingerprint density at radius 3 is 2.79 bits per heavy atom. The van der Waals surface area contributed by atoms with Crippen molar-refractivity contribution in [2.45, 2.75) is 24.3 Å². The van der Waals surface area contributed by atoms with Crippen molar-refractivity contribution in [3.05, 3.63) is 29.3 Å². The highest BCUT2D eigenvalue weighted by molar-refractivity contribution is 7.89. The van der Waals surface area contributed by atoms with Crippen LogP contribution >= 0.6 is 0 Å². The van der Waals surface area contributed by atoms with E-state index >= 15 is 0 Å². The molecule has 5 nitrogen and oxygen atoms in total. The van der Waals surface area contributed by atoms with Gasteiger partial charge in [-0.2, -0.15) is 9.57 Å². The summed E-state index contributed by atoms with van der Waals surface area (Å²) in [5.74, 6) is 0. The third-order valence-corrected chi connectivity index (χ3v) is 5.50. The minimum atomic E-state index is -3.62. The number of nitrogens with one attached hydrogen (secondary N) is 1. The minimum absolute atomic E-state index is 0.0444. The molecular formula is C13H17N3O2S. The van der Waals surface area contributed by atoms with E-state index < -0.39 is 10.0 Å². The van der Waals surface area contributed by atoms with Gasteiger partial charge in [0.05, 0.1) is 5.56 Å². The SMILES string of the molecule is Cc1cccc(S(=O)(=O)N(C)C2CCNC2)c1C#N. The first-order valence-electron chi connectivity index (χ1n) is 6.17. The molecule has 1 fully saturated rings. The zero-order valence-corrected chi connectivity index (χ0v) is 11.9. The van der Waals surface area contributed by atoms with Crippen molar-refractivity contribution < 1.29 is 8.42 Å². The van der Waals surface area contributed by atoms with Crippen LogP contribution in [0, 0.1) is 18.3 Å². The monoisotopic (exact) mass is 279 g/mol. The topological polar surface area (TPSA) is 73.2 Å². The Balaban J connectivity index is 2.45. The van der Waals surface area contributed by atoms with E-state index in [2.05, 4.69) is 5.32 Å². The largest absolute Gasteiger partial charge is 0.315 e. The van der Waals surface area contributed by atoms with Gasteiger partial charge in [0.15, 0.2) is 0 Å². The number of likely N-dealkylation sites (N-methyl/N-ethyl adjacent to an activating group) is 1. The van der Waals surface area contributed by atoms with Crippen molar-refractivity contribution in [2.75, 3.05) is 20.1 Å². The molecular weight excluding hydrogens is 262 g/mol. The van der Waals surface area contributed by atoms with Crippen LogP contribution in [0.2, 0.25) is 0 Å². The van der Waals surface area contributed by atoms with Crippen molar-refractivity contribution >= 4 is 10.0 Å². The Morgan fingerprint density at radius 1 is 1.47 bits per heavy atom. The Labute approximate surface area is 113 Å². The molecule has 0 radical (unpaired) electrons. The molecule has 102 valence electrons. The summed E-state index contributed by atoms with van der Waals surface area (Å²) >= 11 is 0. The minimum Gasteiger partial charge on any atom is -0.315 e. The van der Waals surface area contributed by atoms with Crippen molar-refractivity contribution in [3.8, 4) is 6.07 Å². The van der Waals surface area contributed by atoms with Gasteiger partial charge in [0.2, 0.25) is 10.0 Å². The second-order valence-electron chi connectivity index (χ2n) is 4.73. The predicted octanol–water partition coefficient (Wildman–Crippen LogP) is 0.849. The summed E-state index contributed by atoms with van der Waals surface area (Å²) < 4.78 is 26.6. The van der Waals surface area contributed by atoms with Gasteiger partial charge >= 0.3 is 0 Å². The molecule has 0 saturated carbocycles. The van der Waals surface area contributed by atoms with Gasteiger partial charge in [-0.25, -0.2) is 8.42 Å². The summed E-state index contributed by atoms with van der Waals surface area (Å²) in [6.45, 7) is 3.22. The molecule has 0 bridgehead atoms. The normalized spacial score (nSPS) is 19.6. The molecule has 6 heteroatoms. The Kier molecular flexibility index (Phi) is 3.90. The molecule has 1 aliphatic heterocycles. The van der Waals surface area contributed by atoms with Crippen LogP contribution in [-0.2, 0) is 10.0 Å². The van der Waals surface area contributed by atoms with Crippen molar-refractivity contribution in [1.29, 1.82) is 5.26 Å². The Bertz CT molecular complexity index is 613. The fraction of sp³-hybridized carbons (Fsp3) is 0.462. The molecule has 0 aromatic heterocycles. The van der Waals surface area contributed by atoms with Gasteiger partial charge in [-0.05, 0) is 31.5 Å². The molecule has 1 aliphatic rings. The van der Waals surface area contributed by atoms with Crippen molar-refractivity contribution in [3.63, 3.8) is 0 Å². The van der Waals surface area contributed by atoms with Gasteiger partial charge < -0.3 is 5.32 Å². The molecule has 0 spiro atoms. The fourth-order valence-corrected chi connectivity index (χ4v) is 3.90. The maximum absolute atomic E-state index is 12.6. The Morgan fingerprint density at radius 2 is 2.21 bits per heavy atom. The first-order valence-corrected chi connectivity index (χ1v) is 7.61. The molecule has 1 aromatic carbocycles. The third-order valence-electron chi connectivity index (χ3n) is 3.55. The number of hydrogen-bond acceptors (Lipinski definition) is 4. The highest BCUT2D eigenvalue weighted by Crippen LogP contribution is 2.24. The van der Waals surface area contributed by atoms with Gasteiger partial charge in [0, 0.05) is 19.6 Å². The average Bonchev–Trinajstić information content (AvgIpc) is 2.91. The summed E-state index contributed by atoms with van der Waals surface area (Å²) in [6.07, 6.45) is 0.795. The lowest BCUT2D eigenvalue weighted by Gasteiger charge is -2.23. The second-order valence-corrected chi connectivity index (χ2v) is 6.69. The maximum atomic E-state index is 12.6. The number of rotatable bonds is 3. The molecule has 1 saturated heterocycles. The second kappa shape index (κ2) is 5.29. The lowest BCUT2D eigenvalue weighted by molar-refractivity contribution is 0.387. The number of hydrogen-bond donors (Lipinski definition) is 1. The molecule has 1 heterocycles. The summed E-state index contributed by atoms with van der Waals surface area (Å²) in [7, 11) is -2.04. The smallest absolute Gasteiger partial charge is 0.244 e. The van der Waals surface area contributed by atoms with Gasteiger partial charge in [-0.15, -0.1) is 0 Å². The first kappa shape index (κ1) is 14.0. The fourth-order valence-electron chi connectivity index (χ4n) is 2.30. The summed E-state index contributed by atoms with van der Waals surface area (Å²) in [5.41, 5.74) is 0.918. The number of aryl methyl sites for hydroxylation is 1. The highest BCUT2D eigenvalue weighted by Gasteiger charge is 2.31. The zero-order chi connectivity index (χ0) is 14.0. The van der Waals surface area contributed by atoms with Crippen molar-refractivity contribution in [2.24, 2.45) is 0 Å². The molecule has 19 heavy (non-hydrogen) atoms. The molecule has 1 aromatic rings. The van der Waals surface area contributed by atoms with Gasteiger partial charge in [0.1, 0.15) is 11.0 Å². The number of nitrogens with zero attached hydrogens (tertiary/aromatic N) is 2. The van der Waals surface area contributed by atoms with E-state index in [1.54, 1.807) is 26.1 Å². The molecule has 2 rings (SSSR count).